The van der Waals surface area contributed by atoms with Crippen molar-refractivity contribution in [3.05, 3.63) is 109 Å². The maximum absolute atomic E-state index is 13.3. The molecule has 3 aliphatic heterocycles. The van der Waals surface area contributed by atoms with Crippen molar-refractivity contribution in [2.24, 2.45) is 0 Å². The van der Waals surface area contributed by atoms with Gasteiger partial charge in [0.1, 0.15) is 73.2 Å². The van der Waals surface area contributed by atoms with Crippen LogP contribution in [-0.4, -0.2) is 193 Å². The Hall–Kier alpha value is -3.55. The van der Waals surface area contributed by atoms with Crippen LogP contribution in [0.25, 0.3) is 0 Å². The van der Waals surface area contributed by atoms with Crippen LogP contribution in [0, 0.1) is 0 Å². The molecule has 3 heterocycles. The van der Waals surface area contributed by atoms with Crippen molar-refractivity contribution in [2.75, 3.05) is 26.4 Å². The fraction of sp³-hybridized carbons (Fsp3) is 0.732. The molecule has 3 saturated heterocycles. The lowest BCUT2D eigenvalue weighted by Crippen LogP contribution is -2.66. The van der Waals surface area contributed by atoms with E-state index in [9.17, 15) is 61.0 Å². The molecule has 0 bridgehead atoms. The number of hydrogen-bond donors (Lipinski definition) is 12. The van der Waals surface area contributed by atoms with E-state index in [0.29, 0.717) is 6.42 Å². The summed E-state index contributed by atoms with van der Waals surface area (Å²) in [6.07, 6.45) is 43.0. The van der Waals surface area contributed by atoms with Crippen molar-refractivity contribution in [3.8, 4) is 0 Å². The van der Waals surface area contributed by atoms with E-state index >= 15 is 0 Å². The van der Waals surface area contributed by atoms with Crippen molar-refractivity contribution in [2.45, 2.75) is 304 Å². The Labute approximate surface area is 538 Å². The Balaban J connectivity index is 1.26. The third-order valence-corrected chi connectivity index (χ3v) is 16.3. The van der Waals surface area contributed by atoms with Gasteiger partial charge in [-0.05, 0) is 83.5 Å². The molecule has 0 saturated carbocycles. The van der Waals surface area contributed by atoms with Gasteiger partial charge in [-0.3, -0.25) is 4.79 Å². The number of carbonyl (C=O) groups is 1. The van der Waals surface area contributed by atoms with Crippen molar-refractivity contribution in [1.29, 1.82) is 0 Å². The molecular formula is C71H119NO18. The van der Waals surface area contributed by atoms with Crippen LogP contribution in [0.4, 0.5) is 0 Å². The zero-order chi connectivity index (χ0) is 65.4. The number of rotatable bonds is 50. The molecule has 0 aliphatic carbocycles. The molecule has 19 nitrogen and oxygen atoms in total. The maximum atomic E-state index is 13.3. The van der Waals surface area contributed by atoms with Gasteiger partial charge in [-0.15, -0.1) is 0 Å². The summed E-state index contributed by atoms with van der Waals surface area (Å²) in [4.78, 5) is 13.3. The van der Waals surface area contributed by atoms with E-state index in [-0.39, 0.29) is 18.9 Å². The lowest BCUT2D eigenvalue weighted by atomic mass is 9.96. The Bertz CT molecular complexity index is 2060. The first-order valence-corrected chi connectivity index (χ1v) is 34.1. The van der Waals surface area contributed by atoms with E-state index in [1.165, 1.54) is 64.2 Å². The van der Waals surface area contributed by atoms with Crippen LogP contribution in [0.15, 0.2) is 109 Å². The molecule has 90 heavy (non-hydrogen) atoms. The molecule has 0 radical (unpaired) electrons. The SMILES string of the molecule is CC/C=C\C/C=C\C/C=C\C/C=C\C/C=C\C/C=C\C/C=C\C/C=C\CCCCCCCCCCCCCCCCC(=O)NC(COC1OC(CO)C(OC2OC(CO)C(OC3OC(CO)C(O)C(O)C3O)C(O)C2O)C(O)C1O)C(O)/C=C/CCCCCC. The van der Waals surface area contributed by atoms with Gasteiger partial charge in [0.15, 0.2) is 18.9 Å². The van der Waals surface area contributed by atoms with Gasteiger partial charge in [0.2, 0.25) is 5.91 Å². The predicted molar refractivity (Wildman–Crippen MR) is 350 cm³/mol. The normalized spacial score (nSPS) is 28.7. The largest absolute Gasteiger partial charge is 0.394 e. The minimum absolute atomic E-state index is 0.236. The predicted octanol–water partition coefficient (Wildman–Crippen LogP) is 8.66. The third kappa shape index (κ3) is 33.5. The molecule has 0 spiro atoms. The number of nitrogens with one attached hydrogen (secondary N) is 1. The van der Waals surface area contributed by atoms with Gasteiger partial charge in [0, 0.05) is 6.42 Å². The molecule has 17 atom stereocenters. The number of aliphatic hydroxyl groups excluding tert-OH is 11. The number of unbranched alkanes of at least 4 members (excludes halogenated alkanes) is 18. The van der Waals surface area contributed by atoms with Crippen molar-refractivity contribution >= 4 is 5.91 Å². The molecule has 3 fully saturated rings. The summed E-state index contributed by atoms with van der Waals surface area (Å²) < 4.78 is 34.1. The highest BCUT2D eigenvalue weighted by molar-refractivity contribution is 5.76. The molecule has 0 aromatic heterocycles. The number of hydrogen-bond acceptors (Lipinski definition) is 18. The molecule has 1 amide bonds. The zero-order valence-electron chi connectivity index (χ0n) is 54.3. The first kappa shape index (κ1) is 80.7. The van der Waals surface area contributed by atoms with E-state index in [2.05, 4.69) is 116 Å². The second kappa shape index (κ2) is 51.8. The fourth-order valence-corrected chi connectivity index (χ4v) is 10.8. The van der Waals surface area contributed by atoms with Gasteiger partial charge in [-0.2, -0.15) is 0 Å². The van der Waals surface area contributed by atoms with Crippen LogP contribution >= 0.6 is 0 Å². The van der Waals surface area contributed by atoms with Crippen LogP contribution in [-0.2, 0) is 33.2 Å². The van der Waals surface area contributed by atoms with Gasteiger partial charge < -0.3 is 89.9 Å². The van der Waals surface area contributed by atoms with Gasteiger partial charge in [-0.25, -0.2) is 0 Å². The second-order valence-corrected chi connectivity index (χ2v) is 23.9. The van der Waals surface area contributed by atoms with E-state index in [0.717, 1.165) is 109 Å². The monoisotopic (exact) mass is 1270 g/mol. The van der Waals surface area contributed by atoms with Crippen LogP contribution in [0.1, 0.15) is 200 Å². The molecular weight excluding hydrogens is 1150 g/mol. The summed E-state index contributed by atoms with van der Waals surface area (Å²) in [6.45, 7) is 1.49. The van der Waals surface area contributed by atoms with Crippen molar-refractivity contribution in [1.82, 2.24) is 5.32 Å². The molecule has 3 rings (SSSR count). The van der Waals surface area contributed by atoms with Gasteiger partial charge in [0.05, 0.1) is 38.6 Å². The lowest BCUT2D eigenvalue weighted by molar-refractivity contribution is -0.379. The van der Waals surface area contributed by atoms with Crippen molar-refractivity contribution < 1.29 is 89.4 Å². The van der Waals surface area contributed by atoms with Gasteiger partial charge in [0.25, 0.3) is 0 Å². The molecule has 516 valence electrons. The third-order valence-electron chi connectivity index (χ3n) is 16.3. The Kier molecular flexibility index (Phi) is 46.5. The van der Waals surface area contributed by atoms with Crippen LogP contribution in [0.5, 0.6) is 0 Å². The van der Waals surface area contributed by atoms with Crippen LogP contribution in [0.2, 0.25) is 0 Å². The average Bonchev–Trinajstić information content (AvgIpc) is 1.11. The highest BCUT2D eigenvalue weighted by Crippen LogP contribution is 2.33. The summed E-state index contributed by atoms with van der Waals surface area (Å²) in [5.74, 6) is -0.287. The number of aliphatic hydroxyl groups is 11. The number of amides is 1. The standard InChI is InChI=1S/C71H119NO18/c1-3-5-7-9-11-12-13-14-15-16-17-18-19-20-21-22-23-24-25-26-27-28-29-30-31-32-33-34-35-36-37-38-39-40-41-42-43-45-47-49-59(77)72-54(55(76)48-46-44-10-8-6-4-2)53-85-69-65(83)62(80)67(57(51-74)87-69)90-71-66(84)63(81)68(58(52-75)88-71)89-70-64(82)61(79)60(78)56(50-73)86-70/h5,7,11-12,14-15,17-18,20-21,23-24,26-27,29-30,46,48,54-58,60-71,73-76,78-84H,3-4,6,8-10,13,16,19,22,25,28,31-45,47,49-53H2,1-2H3,(H,72,77)/b7-5-,12-11-,15-14-,18-17-,21-20-,24-23-,27-26-,30-29-,48-46+. The Morgan fingerprint density at radius 2 is 0.767 bits per heavy atom. The summed E-state index contributed by atoms with van der Waals surface area (Å²) in [5, 5.41) is 120. The highest BCUT2D eigenvalue weighted by Gasteiger charge is 2.53. The average molecular weight is 1270 g/mol. The molecule has 0 aromatic rings. The van der Waals surface area contributed by atoms with E-state index < -0.39 is 124 Å². The first-order valence-electron chi connectivity index (χ1n) is 34.1. The van der Waals surface area contributed by atoms with Crippen LogP contribution in [0.3, 0.4) is 0 Å². The maximum Gasteiger partial charge on any atom is 0.220 e. The quantitative estimate of drug-likeness (QED) is 0.0200. The lowest BCUT2D eigenvalue weighted by Gasteiger charge is -2.48. The molecule has 12 N–H and O–H groups in total. The fourth-order valence-electron chi connectivity index (χ4n) is 10.8. The van der Waals surface area contributed by atoms with Gasteiger partial charge >= 0.3 is 0 Å². The summed E-state index contributed by atoms with van der Waals surface area (Å²) in [6, 6.07) is -0.975. The topological polar surface area (TPSA) is 307 Å². The van der Waals surface area contributed by atoms with E-state index in [1.54, 1.807) is 6.08 Å². The van der Waals surface area contributed by atoms with E-state index in [4.69, 9.17) is 28.4 Å². The number of carbonyl (C=O) groups excluding carboxylic acids is 1. The molecule has 19 heteroatoms. The zero-order valence-corrected chi connectivity index (χ0v) is 54.3. The minimum Gasteiger partial charge on any atom is -0.394 e. The van der Waals surface area contributed by atoms with E-state index in [1.807, 2.05) is 6.08 Å². The Morgan fingerprint density at radius 3 is 1.20 bits per heavy atom. The highest BCUT2D eigenvalue weighted by atomic mass is 16.8. The second-order valence-electron chi connectivity index (χ2n) is 23.9. The molecule has 3 aliphatic rings. The minimum atomic E-state index is -1.98. The van der Waals surface area contributed by atoms with Crippen LogP contribution < -0.4 is 5.32 Å². The van der Waals surface area contributed by atoms with Gasteiger partial charge in [-0.1, -0.05) is 220 Å². The van der Waals surface area contributed by atoms with Crippen molar-refractivity contribution in [3.63, 3.8) is 0 Å². The summed E-state index contributed by atoms with van der Waals surface area (Å²) in [5.41, 5.74) is 0. The summed E-state index contributed by atoms with van der Waals surface area (Å²) >= 11 is 0. The Morgan fingerprint density at radius 1 is 0.411 bits per heavy atom. The molecule has 0 aromatic carbocycles. The molecule has 17 unspecified atom stereocenters. The smallest absolute Gasteiger partial charge is 0.220 e. The summed E-state index contributed by atoms with van der Waals surface area (Å²) in [7, 11) is 0. The first-order chi connectivity index (χ1) is 43.8. The number of ether oxygens (including phenoxy) is 6. The number of allylic oxidation sites excluding steroid dienone is 17.